The highest BCUT2D eigenvalue weighted by atomic mass is 16.3. The first-order valence-corrected chi connectivity index (χ1v) is 7.29. The first-order valence-electron chi connectivity index (χ1n) is 7.29. The second-order valence-corrected chi connectivity index (χ2v) is 5.46. The zero-order chi connectivity index (χ0) is 15.8. The molecule has 1 aliphatic heterocycles. The molecule has 1 aromatic carbocycles. The molecule has 0 saturated carbocycles. The van der Waals surface area contributed by atoms with Gasteiger partial charge in [-0.25, -0.2) is 4.98 Å². The largest absolute Gasteiger partial charge is 0.508 e. The smallest absolute Gasteiger partial charge is 0.226 e. The number of carbonyl (C=O) groups excluding carboxylic acids is 1. The zero-order valence-corrected chi connectivity index (χ0v) is 12.2. The number of hydrogen-bond donors (Lipinski definition) is 2. The first-order chi connectivity index (χ1) is 11.2. The van der Waals surface area contributed by atoms with Gasteiger partial charge in [0.2, 0.25) is 5.91 Å². The molecule has 0 aliphatic carbocycles. The van der Waals surface area contributed by atoms with Crippen molar-refractivity contribution in [2.45, 2.75) is 12.3 Å². The number of phenolic OH excluding ortho intramolecular Hbond substituents is 1. The van der Waals surface area contributed by atoms with Crippen molar-refractivity contribution in [1.29, 1.82) is 0 Å². The molecule has 1 amide bonds. The molecule has 1 unspecified atom stereocenters. The lowest BCUT2D eigenvalue weighted by Gasteiger charge is -2.23. The van der Waals surface area contributed by atoms with E-state index in [4.69, 9.17) is 0 Å². The molecule has 1 aliphatic rings. The average Bonchev–Trinajstić information content (AvgIpc) is 2.98. The molecule has 6 heteroatoms. The lowest BCUT2D eigenvalue weighted by molar-refractivity contribution is -0.116. The molecule has 6 nitrogen and oxygen atoms in total. The van der Waals surface area contributed by atoms with Crippen molar-refractivity contribution in [3.05, 3.63) is 66.4 Å². The van der Waals surface area contributed by atoms with E-state index in [1.165, 1.54) is 0 Å². The normalized spacial score (nSPS) is 16.7. The maximum atomic E-state index is 12.1. The van der Waals surface area contributed by atoms with E-state index in [0.29, 0.717) is 12.2 Å². The minimum Gasteiger partial charge on any atom is -0.508 e. The Balaban J connectivity index is 1.83. The van der Waals surface area contributed by atoms with Crippen molar-refractivity contribution in [2.75, 3.05) is 5.32 Å². The number of hydrogen-bond acceptors (Lipinski definition) is 4. The maximum Gasteiger partial charge on any atom is 0.226 e. The number of pyridine rings is 1. The summed E-state index contributed by atoms with van der Waals surface area (Å²) in [4.78, 5) is 20.7. The Bertz CT molecular complexity index is 873. The van der Waals surface area contributed by atoms with Gasteiger partial charge < -0.3 is 10.4 Å². The van der Waals surface area contributed by atoms with E-state index in [1.54, 1.807) is 36.9 Å². The predicted molar refractivity (Wildman–Crippen MR) is 84.6 cm³/mol. The van der Waals surface area contributed by atoms with Crippen molar-refractivity contribution in [2.24, 2.45) is 0 Å². The van der Waals surface area contributed by atoms with Gasteiger partial charge in [0.25, 0.3) is 0 Å². The fraction of sp³-hybridized carbons (Fsp3) is 0.118. The molecule has 1 atom stereocenters. The van der Waals surface area contributed by atoms with Crippen LogP contribution in [0.1, 0.15) is 23.6 Å². The number of fused-ring (bicyclic) bond motifs is 1. The van der Waals surface area contributed by atoms with E-state index in [1.807, 2.05) is 22.8 Å². The number of nitrogens with zero attached hydrogens (tertiary/aromatic N) is 3. The second-order valence-electron chi connectivity index (χ2n) is 5.46. The molecule has 2 N–H and O–H groups in total. The van der Waals surface area contributed by atoms with Crippen LogP contribution in [0.2, 0.25) is 0 Å². The summed E-state index contributed by atoms with van der Waals surface area (Å²) >= 11 is 0. The summed E-state index contributed by atoms with van der Waals surface area (Å²) < 4.78 is 1.81. The summed E-state index contributed by atoms with van der Waals surface area (Å²) in [5.41, 5.74) is 2.50. The summed E-state index contributed by atoms with van der Waals surface area (Å²) in [6.07, 6.45) is 5.40. The monoisotopic (exact) mass is 306 g/mol. The van der Waals surface area contributed by atoms with Gasteiger partial charge in [-0.3, -0.25) is 14.3 Å². The quantitative estimate of drug-likeness (QED) is 0.762. The van der Waals surface area contributed by atoms with Gasteiger partial charge in [0, 0.05) is 18.5 Å². The van der Waals surface area contributed by atoms with Crippen LogP contribution in [0, 0.1) is 0 Å². The van der Waals surface area contributed by atoms with Gasteiger partial charge in [-0.1, -0.05) is 12.1 Å². The third-order valence-corrected chi connectivity index (χ3v) is 3.97. The summed E-state index contributed by atoms with van der Waals surface area (Å²) in [5, 5.41) is 12.6. The minimum atomic E-state index is -0.177. The fourth-order valence-corrected chi connectivity index (χ4v) is 2.92. The molecular weight excluding hydrogens is 292 g/mol. The van der Waals surface area contributed by atoms with Gasteiger partial charge >= 0.3 is 0 Å². The number of rotatable bonds is 2. The highest BCUT2D eigenvalue weighted by Crippen LogP contribution is 2.37. The SMILES string of the molecule is O=C1CC(c2cccc(O)c2)c2ncn(-c3cccnc3)c2N1. The second kappa shape index (κ2) is 5.24. The van der Waals surface area contributed by atoms with Crippen molar-refractivity contribution in [3.63, 3.8) is 0 Å². The molecule has 114 valence electrons. The van der Waals surface area contributed by atoms with Gasteiger partial charge in [0.15, 0.2) is 0 Å². The Kier molecular flexibility index (Phi) is 3.08. The van der Waals surface area contributed by atoms with Gasteiger partial charge in [0.05, 0.1) is 17.6 Å². The number of amides is 1. The number of aromatic hydroxyl groups is 1. The standard InChI is InChI=1S/C17H14N4O2/c22-13-5-1-3-11(7-13)14-8-15(23)20-17-16(14)19-10-21(17)12-4-2-6-18-9-12/h1-7,9-10,14,22H,8H2,(H,20,23). The van der Waals surface area contributed by atoms with E-state index < -0.39 is 0 Å². The summed E-state index contributed by atoms with van der Waals surface area (Å²) in [7, 11) is 0. The first kappa shape index (κ1) is 13.5. The zero-order valence-electron chi connectivity index (χ0n) is 12.2. The molecule has 23 heavy (non-hydrogen) atoms. The number of aromatic nitrogens is 3. The fourth-order valence-electron chi connectivity index (χ4n) is 2.92. The molecule has 0 saturated heterocycles. The number of benzene rings is 1. The summed E-state index contributed by atoms with van der Waals surface area (Å²) in [5.74, 6) is 0.588. The average molecular weight is 306 g/mol. The predicted octanol–water partition coefficient (Wildman–Crippen LogP) is 2.45. The van der Waals surface area contributed by atoms with Crippen LogP contribution < -0.4 is 5.32 Å². The van der Waals surface area contributed by atoms with E-state index in [0.717, 1.165) is 16.9 Å². The van der Waals surface area contributed by atoms with Crippen LogP contribution in [0.5, 0.6) is 5.75 Å². The van der Waals surface area contributed by atoms with Crippen LogP contribution in [0.25, 0.3) is 5.69 Å². The van der Waals surface area contributed by atoms with Crippen molar-refractivity contribution < 1.29 is 9.90 Å². The Morgan fingerprint density at radius 2 is 2.17 bits per heavy atom. The Morgan fingerprint density at radius 1 is 1.26 bits per heavy atom. The van der Waals surface area contributed by atoms with Crippen LogP contribution in [0.4, 0.5) is 5.82 Å². The molecule has 3 aromatic rings. The van der Waals surface area contributed by atoms with Crippen molar-refractivity contribution in [1.82, 2.24) is 14.5 Å². The molecule has 0 fully saturated rings. The molecule has 0 radical (unpaired) electrons. The lowest BCUT2D eigenvalue weighted by atomic mass is 9.90. The number of phenols is 1. The van der Waals surface area contributed by atoms with Gasteiger partial charge in [-0.2, -0.15) is 0 Å². The third-order valence-electron chi connectivity index (χ3n) is 3.97. The minimum absolute atomic E-state index is 0.0727. The number of nitrogens with one attached hydrogen (secondary N) is 1. The Morgan fingerprint density at radius 3 is 2.96 bits per heavy atom. The summed E-state index contributed by atoms with van der Waals surface area (Å²) in [6.45, 7) is 0. The topological polar surface area (TPSA) is 80.0 Å². The van der Waals surface area contributed by atoms with Crippen molar-refractivity contribution >= 4 is 11.7 Å². The van der Waals surface area contributed by atoms with Gasteiger partial charge in [-0.05, 0) is 29.8 Å². The molecule has 2 aromatic heterocycles. The third kappa shape index (κ3) is 2.34. The van der Waals surface area contributed by atoms with Gasteiger partial charge in [0.1, 0.15) is 17.9 Å². The van der Waals surface area contributed by atoms with E-state index in [9.17, 15) is 9.90 Å². The highest BCUT2D eigenvalue weighted by Gasteiger charge is 2.31. The molecule has 3 heterocycles. The van der Waals surface area contributed by atoms with Crippen LogP contribution in [-0.4, -0.2) is 25.5 Å². The summed E-state index contributed by atoms with van der Waals surface area (Å²) in [6, 6.07) is 10.7. The highest BCUT2D eigenvalue weighted by molar-refractivity contribution is 5.94. The van der Waals surface area contributed by atoms with Crippen molar-refractivity contribution in [3.8, 4) is 11.4 Å². The molecular formula is C17H14N4O2. The molecule has 0 spiro atoms. The van der Waals surface area contributed by atoms with Gasteiger partial charge in [-0.15, -0.1) is 0 Å². The maximum absolute atomic E-state index is 12.1. The van der Waals surface area contributed by atoms with Crippen LogP contribution in [0.15, 0.2) is 55.1 Å². The Labute approximate surface area is 132 Å². The molecule has 4 rings (SSSR count). The van der Waals surface area contributed by atoms with E-state index in [-0.39, 0.29) is 17.6 Å². The van der Waals surface area contributed by atoms with Crippen LogP contribution in [0.3, 0.4) is 0 Å². The lowest BCUT2D eigenvalue weighted by Crippen LogP contribution is -2.24. The Hall–Kier alpha value is -3.15. The number of imidazole rings is 1. The number of carbonyl (C=O) groups is 1. The van der Waals surface area contributed by atoms with E-state index >= 15 is 0 Å². The van der Waals surface area contributed by atoms with Crippen LogP contribution >= 0.6 is 0 Å². The number of anilines is 1. The molecule has 0 bridgehead atoms. The van der Waals surface area contributed by atoms with Crippen LogP contribution in [-0.2, 0) is 4.79 Å². The van der Waals surface area contributed by atoms with E-state index in [2.05, 4.69) is 15.3 Å².